The maximum atomic E-state index is 12.8. The van der Waals surface area contributed by atoms with Gasteiger partial charge in [0.15, 0.2) is 5.69 Å². The normalized spacial score (nSPS) is 13.2. The lowest BCUT2D eigenvalue weighted by Crippen LogP contribution is -2.24. The molecule has 0 fully saturated rings. The third kappa shape index (κ3) is 4.29. The van der Waals surface area contributed by atoms with Gasteiger partial charge in [-0.2, -0.15) is 5.10 Å². The Bertz CT molecular complexity index is 1150. The second-order valence-electron chi connectivity index (χ2n) is 7.34. The Balaban J connectivity index is 1.46. The first-order valence-electron chi connectivity index (χ1n) is 9.90. The Morgan fingerprint density at radius 2 is 1.73 bits per heavy atom. The summed E-state index contributed by atoms with van der Waals surface area (Å²) in [7, 11) is -1.91. The van der Waals surface area contributed by atoms with Gasteiger partial charge >= 0.3 is 0 Å². The van der Waals surface area contributed by atoms with Gasteiger partial charge in [-0.05, 0) is 49.6 Å². The third-order valence-corrected chi connectivity index (χ3v) is 6.63. The van der Waals surface area contributed by atoms with Crippen LogP contribution in [0.2, 0.25) is 0 Å². The van der Waals surface area contributed by atoms with Crippen molar-refractivity contribution >= 4 is 15.9 Å². The number of sulfonamides is 1. The van der Waals surface area contributed by atoms with Gasteiger partial charge in [-0.15, -0.1) is 0 Å². The topological polar surface area (TPSA) is 93.1 Å². The second-order valence-corrected chi connectivity index (χ2v) is 9.26. The Morgan fingerprint density at radius 3 is 2.43 bits per heavy atom. The number of para-hydroxylation sites is 1. The Hall–Kier alpha value is -2.97. The van der Waals surface area contributed by atoms with E-state index in [9.17, 15) is 13.2 Å². The van der Waals surface area contributed by atoms with Crippen molar-refractivity contribution in [3.63, 3.8) is 0 Å². The van der Waals surface area contributed by atoms with E-state index in [2.05, 4.69) is 15.1 Å². The summed E-state index contributed by atoms with van der Waals surface area (Å²) in [5.41, 5.74) is 5.18. The van der Waals surface area contributed by atoms with Crippen LogP contribution in [-0.2, 0) is 35.2 Å². The van der Waals surface area contributed by atoms with E-state index in [-0.39, 0.29) is 11.7 Å². The van der Waals surface area contributed by atoms with Crippen molar-refractivity contribution in [3.05, 3.63) is 82.7 Å². The van der Waals surface area contributed by atoms with Crippen molar-refractivity contribution in [1.29, 1.82) is 0 Å². The summed E-state index contributed by atoms with van der Waals surface area (Å²) >= 11 is 0. The monoisotopic (exact) mass is 424 g/mol. The largest absolute Gasteiger partial charge is 0.347 e. The summed E-state index contributed by atoms with van der Waals surface area (Å²) in [6.45, 7) is 0.352. The summed E-state index contributed by atoms with van der Waals surface area (Å²) in [5.74, 6) is -0.260. The first kappa shape index (κ1) is 20.3. The molecule has 0 bridgehead atoms. The van der Waals surface area contributed by atoms with Gasteiger partial charge in [0, 0.05) is 17.8 Å². The van der Waals surface area contributed by atoms with Crippen LogP contribution in [0.3, 0.4) is 0 Å². The predicted molar refractivity (Wildman–Crippen MR) is 115 cm³/mol. The maximum absolute atomic E-state index is 12.8. The number of nitrogens with zero attached hydrogens (tertiary/aromatic N) is 2. The minimum atomic E-state index is -3.30. The van der Waals surface area contributed by atoms with Crippen molar-refractivity contribution in [2.75, 3.05) is 7.05 Å². The number of amides is 1. The van der Waals surface area contributed by atoms with Crippen LogP contribution in [0, 0.1) is 0 Å². The van der Waals surface area contributed by atoms with Crippen LogP contribution in [0.5, 0.6) is 0 Å². The summed E-state index contributed by atoms with van der Waals surface area (Å²) < 4.78 is 27.5. The Labute approximate surface area is 176 Å². The van der Waals surface area contributed by atoms with E-state index in [0.29, 0.717) is 17.8 Å². The SMILES string of the molecule is CNS(=O)(=O)Cc1ccc(CNC(=O)c2nn(-c3ccccc3)c3c2CCC3)cc1. The van der Waals surface area contributed by atoms with Gasteiger partial charge in [0.05, 0.1) is 11.4 Å². The van der Waals surface area contributed by atoms with E-state index in [1.807, 2.05) is 47.1 Å². The number of rotatable bonds is 7. The van der Waals surface area contributed by atoms with Crippen LogP contribution in [0.4, 0.5) is 0 Å². The maximum Gasteiger partial charge on any atom is 0.272 e. The van der Waals surface area contributed by atoms with Crippen molar-refractivity contribution in [3.8, 4) is 5.69 Å². The summed E-state index contributed by atoms with van der Waals surface area (Å²) in [6.07, 6.45) is 2.80. The van der Waals surface area contributed by atoms with Crippen molar-refractivity contribution in [1.82, 2.24) is 19.8 Å². The molecule has 1 aliphatic carbocycles. The van der Waals surface area contributed by atoms with Crippen LogP contribution in [-0.4, -0.2) is 31.2 Å². The number of carbonyl (C=O) groups is 1. The average molecular weight is 425 g/mol. The van der Waals surface area contributed by atoms with E-state index in [4.69, 9.17) is 0 Å². The van der Waals surface area contributed by atoms with Gasteiger partial charge in [0.1, 0.15) is 0 Å². The van der Waals surface area contributed by atoms with Gasteiger partial charge < -0.3 is 5.32 Å². The number of hydrogen-bond donors (Lipinski definition) is 2. The number of hydrogen-bond acceptors (Lipinski definition) is 4. The zero-order chi connectivity index (χ0) is 21.1. The van der Waals surface area contributed by atoms with E-state index >= 15 is 0 Å². The molecule has 3 aromatic rings. The molecule has 1 aromatic heterocycles. The van der Waals surface area contributed by atoms with E-state index in [1.54, 1.807) is 12.1 Å². The Morgan fingerprint density at radius 1 is 1.03 bits per heavy atom. The minimum absolute atomic E-state index is 0.0702. The summed E-state index contributed by atoms with van der Waals surface area (Å²) in [4.78, 5) is 12.8. The molecule has 2 N–H and O–H groups in total. The third-order valence-electron chi connectivity index (χ3n) is 5.29. The van der Waals surface area contributed by atoms with Crippen molar-refractivity contribution in [2.24, 2.45) is 0 Å². The molecule has 0 atom stereocenters. The van der Waals surface area contributed by atoms with Gasteiger partial charge in [-0.1, -0.05) is 42.5 Å². The molecular weight excluding hydrogens is 400 g/mol. The van der Waals surface area contributed by atoms with Crippen LogP contribution in [0.25, 0.3) is 5.69 Å². The fraction of sp³-hybridized carbons (Fsp3) is 0.273. The molecule has 1 heterocycles. The molecule has 0 spiro atoms. The zero-order valence-electron chi connectivity index (χ0n) is 16.8. The van der Waals surface area contributed by atoms with Crippen LogP contribution < -0.4 is 10.0 Å². The molecule has 7 nitrogen and oxygen atoms in total. The van der Waals surface area contributed by atoms with Gasteiger partial charge in [-0.3, -0.25) is 4.79 Å². The molecule has 0 saturated heterocycles. The highest BCUT2D eigenvalue weighted by atomic mass is 32.2. The number of aromatic nitrogens is 2. The van der Waals surface area contributed by atoms with Crippen LogP contribution in [0.15, 0.2) is 54.6 Å². The smallest absolute Gasteiger partial charge is 0.272 e. The fourth-order valence-electron chi connectivity index (χ4n) is 3.71. The minimum Gasteiger partial charge on any atom is -0.347 e. The van der Waals surface area contributed by atoms with Gasteiger partial charge in [-0.25, -0.2) is 17.8 Å². The number of carbonyl (C=O) groups excluding carboxylic acids is 1. The van der Waals surface area contributed by atoms with Crippen LogP contribution in [0.1, 0.15) is 39.3 Å². The lowest BCUT2D eigenvalue weighted by Gasteiger charge is -2.07. The number of nitrogens with one attached hydrogen (secondary N) is 2. The lowest BCUT2D eigenvalue weighted by atomic mass is 10.1. The van der Waals surface area contributed by atoms with E-state index < -0.39 is 10.0 Å². The molecule has 0 saturated carbocycles. The molecule has 156 valence electrons. The van der Waals surface area contributed by atoms with E-state index in [0.717, 1.165) is 41.8 Å². The quantitative estimate of drug-likeness (QED) is 0.609. The molecule has 30 heavy (non-hydrogen) atoms. The molecule has 2 aromatic carbocycles. The number of benzene rings is 2. The molecule has 0 unspecified atom stereocenters. The molecule has 0 aliphatic heterocycles. The predicted octanol–water partition coefficient (Wildman–Crippen LogP) is 2.34. The summed E-state index contributed by atoms with van der Waals surface area (Å²) in [5, 5.41) is 7.55. The highest BCUT2D eigenvalue weighted by molar-refractivity contribution is 7.88. The molecule has 4 rings (SSSR count). The number of fused-ring (bicyclic) bond motifs is 1. The summed E-state index contributed by atoms with van der Waals surface area (Å²) in [6, 6.07) is 17.0. The highest BCUT2D eigenvalue weighted by Gasteiger charge is 2.26. The fourth-order valence-corrected chi connectivity index (χ4v) is 4.49. The molecule has 1 aliphatic rings. The van der Waals surface area contributed by atoms with Gasteiger partial charge in [0.2, 0.25) is 10.0 Å². The second kappa shape index (κ2) is 8.41. The molecule has 8 heteroatoms. The average Bonchev–Trinajstić information content (AvgIpc) is 3.36. The molecular formula is C22H24N4O3S. The first-order valence-corrected chi connectivity index (χ1v) is 11.6. The van der Waals surface area contributed by atoms with Crippen LogP contribution >= 0.6 is 0 Å². The first-order chi connectivity index (χ1) is 14.5. The Kier molecular flexibility index (Phi) is 5.69. The highest BCUT2D eigenvalue weighted by Crippen LogP contribution is 2.27. The van der Waals surface area contributed by atoms with E-state index in [1.165, 1.54) is 7.05 Å². The lowest BCUT2D eigenvalue weighted by molar-refractivity contribution is 0.0944. The van der Waals surface area contributed by atoms with Gasteiger partial charge in [0.25, 0.3) is 5.91 Å². The molecule has 1 amide bonds. The standard InChI is InChI=1S/C22H24N4O3S/c1-23-30(28,29)15-17-12-10-16(11-13-17)14-24-22(27)21-19-8-5-9-20(19)26(25-21)18-6-3-2-4-7-18/h2-4,6-7,10-13,23H,5,8-9,14-15H2,1H3,(H,24,27). The van der Waals surface area contributed by atoms with Crippen molar-refractivity contribution in [2.45, 2.75) is 31.6 Å². The van der Waals surface area contributed by atoms with Crippen molar-refractivity contribution < 1.29 is 13.2 Å². The zero-order valence-corrected chi connectivity index (χ0v) is 17.6. The molecule has 0 radical (unpaired) electrons.